The quantitative estimate of drug-likeness (QED) is 0.549. The highest BCUT2D eigenvalue weighted by atomic mass is 16.6. The van der Waals surface area contributed by atoms with E-state index < -0.39 is 46.1 Å². The molecular weight excluding hydrogens is 472 g/mol. The number of ketones is 3. The number of hydrogen-bond acceptors (Lipinski definition) is 7. The van der Waals surface area contributed by atoms with E-state index >= 15 is 0 Å². The summed E-state index contributed by atoms with van der Waals surface area (Å²) < 4.78 is 12.7. The molecule has 1 saturated carbocycles. The minimum absolute atomic E-state index is 0.0524. The number of phenols is 1. The SMILES string of the molecule is Cc1c(O)c2c(c3c1O[C@]1(O)[C@H](C(=O)C(C)(C)C(=O)C1(C)C)[C@H]3C(C)C)O[C@@H](c1ccccc1)CC2=O. The van der Waals surface area contributed by atoms with Crippen molar-refractivity contribution in [1.29, 1.82) is 0 Å². The summed E-state index contributed by atoms with van der Waals surface area (Å²) in [6, 6.07) is 9.35. The highest BCUT2D eigenvalue weighted by Crippen LogP contribution is 2.64. The fourth-order valence-corrected chi connectivity index (χ4v) is 6.61. The number of Topliss-reactive ketones (excluding diaryl/α,β-unsaturated/α-hetero) is 3. The van der Waals surface area contributed by atoms with E-state index in [0.717, 1.165) is 5.56 Å². The predicted molar refractivity (Wildman–Crippen MR) is 136 cm³/mol. The third-order valence-electron chi connectivity index (χ3n) is 8.75. The van der Waals surface area contributed by atoms with Crippen LogP contribution in [0.3, 0.4) is 0 Å². The lowest BCUT2D eigenvalue weighted by Gasteiger charge is -2.58. The van der Waals surface area contributed by atoms with Crippen molar-refractivity contribution in [2.45, 2.75) is 72.7 Å². The van der Waals surface area contributed by atoms with E-state index in [0.29, 0.717) is 5.56 Å². The average molecular weight is 507 g/mol. The van der Waals surface area contributed by atoms with Gasteiger partial charge in [0.25, 0.3) is 0 Å². The van der Waals surface area contributed by atoms with Crippen LogP contribution in [0.1, 0.15) is 87.0 Å². The van der Waals surface area contributed by atoms with Gasteiger partial charge >= 0.3 is 0 Å². The summed E-state index contributed by atoms with van der Waals surface area (Å²) >= 11 is 0. The molecule has 0 bridgehead atoms. The molecule has 37 heavy (non-hydrogen) atoms. The minimum Gasteiger partial charge on any atom is -0.507 e. The van der Waals surface area contributed by atoms with Crippen molar-refractivity contribution >= 4 is 17.3 Å². The maximum Gasteiger partial charge on any atom is 0.230 e. The Kier molecular flexibility index (Phi) is 5.44. The Hall–Kier alpha value is -3.19. The van der Waals surface area contributed by atoms with Gasteiger partial charge in [0, 0.05) is 17.0 Å². The smallest absolute Gasteiger partial charge is 0.230 e. The average Bonchev–Trinajstić information content (AvgIpc) is 2.84. The minimum atomic E-state index is -2.15. The van der Waals surface area contributed by atoms with E-state index in [1.807, 2.05) is 44.2 Å². The van der Waals surface area contributed by atoms with E-state index in [1.54, 1.807) is 34.6 Å². The molecule has 4 atom stereocenters. The lowest BCUT2D eigenvalue weighted by Crippen LogP contribution is -2.72. The Labute approximate surface area is 216 Å². The first kappa shape index (κ1) is 25.5. The molecule has 7 heteroatoms. The van der Waals surface area contributed by atoms with Gasteiger partial charge in [-0.05, 0) is 46.1 Å². The Morgan fingerprint density at radius 3 is 2.22 bits per heavy atom. The molecule has 1 aliphatic carbocycles. The van der Waals surface area contributed by atoms with Gasteiger partial charge in [-0.25, -0.2) is 0 Å². The second-order valence-electron chi connectivity index (χ2n) is 12.1. The third-order valence-corrected chi connectivity index (χ3v) is 8.75. The van der Waals surface area contributed by atoms with Crippen LogP contribution >= 0.6 is 0 Å². The van der Waals surface area contributed by atoms with Crippen molar-refractivity contribution in [2.24, 2.45) is 22.7 Å². The van der Waals surface area contributed by atoms with Gasteiger partial charge in [0.05, 0.1) is 23.2 Å². The zero-order valence-electron chi connectivity index (χ0n) is 22.3. The number of carbonyl (C=O) groups is 3. The van der Waals surface area contributed by atoms with E-state index in [4.69, 9.17) is 9.47 Å². The van der Waals surface area contributed by atoms with E-state index in [2.05, 4.69) is 0 Å². The molecule has 5 rings (SSSR count). The number of ether oxygens (including phenoxy) is 2. The van der Waals surface area contributed by atoms with E-state index in [9.17, 15) is 24.6 Å². The van der Waals surface area contributed by atoms with Crippen molar-refractivity contribution in [3.05, 3.63) is 52.6 Å². The molecule has 0 unspecified atom stereocenters. The molecule has 2 heterocycles. The summed E-state index contributed by atoms with van der Waals surface area (Å²) in [7, 11) is 0. The van der Waals surface area contributed by atoms with Crippen molar-refractivity contribution in [3.63, 3.8) is 0 Å². The van der Waals surface area contributed by atoms with Crippen LogP contribution in [-0.4, -0.2) is 33.3 Å². The van der Waals surface area contributed by atoms with Crippen LogP contribution in [0.2, 0.25) is 0 Å². The Morgan fingerprint density at radius 1 is 1.00 bits per heavy atom. The van der Waals surface area contributed by atoms with Crippen molar-refractivity contribution in [1.82, 2.24) is 0 Å². The number of hydrogen-bond donors (Lipinski definition) is 2. The van der Waals surface area contributed by atoms with E-state index in [-0.39, 0.29) is 46.5 Å². The van der Waals surface area contributed by atoms with Crippen LogP contribution < -0.4 is 9.47 Å². The molecule has 2 N–H and O–H groups in total. The fourth-order valence-electron chi connectivity index (χ4n) is 6.61. The van der Waals surface area contributed by atoms with Crippen molar-refractivity contribution in [3.8, 4) is 17.2 Å². The number of aromatic hydroxyl groups is 1. The van der Waals surface area contributed by atoms with Crippen LogP contribution in [-0.2, 0) is 9.59 Å². The van der Waals surface area contributed by atoms with Gasteiger partial charge < -0.3 is 19.7 Å². The molecular formula is C30H34O7. The van der Waals surface area contributed by atoms with Gasteiger partial charge in [-0.1, -0.05) is 44.2 Å². The lowest BCUT2D eigenvalue weighted by atomic mass is 9.51. The summed E-state index contributed by atoms with van der Waals surface area (Å²) in [5, 5.41) is 23.3. The van der Waals surface area contributed by atoms with Gasteiger partial charge in [0.15, 0.2) is 17.3 Å². The number of phenolic OH excluding ortho intramolecular Hbond substituents is 1. The first-order valence-electron chi connectivity index (χ1n) is 12.8. The molecule has 196 valence electrons. The summed E-state index contributed by atoms with van der Waals surface area (Å²) in [5.74, 6) is -5.11. The maximum absolute atomic E-state index is 14.0. The molecule has 2 aliphatic heterocycles. The molecule has 2 aromatic carbocycles. The third kappa shape index (κ3) is 3.19. The molecule has 1 fully saturated rings. The first-order valence-corrected chi connectivity index (χ1v) is 12.8. The number of carbonyl (C=O) groups excluding carboxylic acids is 3. The zero-order chi connectivity index (χ0) is 27.2. The Bertz CT molecular complexity index is 1340. The van der Waals surface area contributed by atoms with Crippen molar-refractivity contribution in [2.75, 3.05) is 0 Å². The number of benzene rings is 2. The van der Waals surface area contributed by atoms with Gasteiger partial charge in [0.1, 0.15) is 28.9 Å². The molecule has 7 nitrogen and oxygen atoms in total. The fraction of sp³-hybridized carbons (Fsp3) is 0.500. The van der Waals surface area contributed by atoms with Crippen LogP contribution in [0.4, 0.5) is 0 Å². The van der Waals surface area contributed by atoms with Gasteiger partial charge in [0.2, 0.25) is 5.79 Å². The molecule has 0 saturated heterocycles. The van der Waals surface area contributed by atoms with Crippen LogP contribution in [0.5, 0.6) is 17.2 Å². The second kappa shape index (κ2) is 7.90. The number of rotatable bonds is 2. The standard InChI is InChI=1S/C30H34O7/c1-14(2)19-21-24(37-30(35)22(19)26(33)28(4,5)27(34)29(30,6)7)15(3)23(32)20-17(31)13-18(36-25(20)21)16-11-9-8-10-12-16/h8-12,14,18-19,22,32,35H,13H2,1-7H3/t18-,19+,22+,30-/m1/s1. The summed E-state index contributed by atoms with van der Waals surface area (Å²) in [6.07, 6.45) is -0.533. The first-order chi connectivity index (χ1) is 17.2. The highest BCUT2D eigenvalue weighted by Gasteiger charge is 2.72. The Morgan fingerprint density at radius 2 is 1.62 bits per heavy atom. The topological polar surface area (TPSA) is 110 Å². The van der Waals surface area contributed by atoms with Crippen LogP contribution in [0.15, 0.2) is 30.3 Å². The van der Waals surface area contributed by atoms with Gasteiger partial charge in [-0.15, -0.1) is 0 Å². The van der Waals surface area contributed by atoms with Gasteiger partial charge in [-0.3, -0.25) is 14.4 Å². The molecule has 0 amide bonds. The molecule has 0 spiro atoms. The number of fused-ring (bicyclic) bond motifs is 4. The van der Waals surface area contributed by atoms with Gasteiger partial charge in [-0.2, -0.15) is 0 Å². The molecule has 0 radical (unpaired) electrons. The largest absolute Gasteiger partial charge is 0.507 e. The molecule has 2 aromatic rings. The van der Waals surface area contributed by atoms with Crippen molar-refractivity contribution < 1.29 is 34.1 Å². The Balaban J connectivity index is 1.81. The normalized spacial score (nSPS) is 29.6. The monoisotopic (exact) mass is 506 g/mol. The summed E-state index contributed by atoms with van der Waals surface area (Å²) in [6.45, 7) is 11.8. The summed E-state index contributed by atoms with van der Waals surface area (Å²) in [4.78, 5) is 40.9. The zero-order valence-corrected chi connectivity index (χ0v) is 22.3. The number of aliphatic hydroxyl groups is 1. The molecule has 0 aromatic heterocycles. The summed E-state index contributed by atoms with van der Waals surface area (Å²) in [5.41, 5.74) is -1.14. The van der Waals surface area contributed by atoms with Crippen LogP contribution in [0, 0.1) is 29.6 Å². The highest BCUT2D eigenvalue weighted by molar-refractivity contribution is 6.13. The lowest BCUT2D eigenvalue weighted by molar-refractivity contribution is -0.264. The predicted octanol–water partition coefficient (Wildman–Crippen LogP) is 5.05. The van der Waals surface area contributed by atoms with Crippen LogP contribution in [0.25, 0.3) is 0 Å². The van der Waals surface area contributed by atoms with E-state index in [1.165, 1.54) is 0 Å². The maximum atomic E-state index is 14.0. The molecule has 3 aliphatic rings. The second-order valence-corrected chi connectivity index (χ2v) is 12.1.